The quantitative estimate of drug-likeness (QED) is 0.0341. The van der Waals surface area contributed by atoms with Crippen molar-refractivity contribution in [2.45, 2.75) is 71.4 Å². The lowest BCUT2D eigenvalue weighted by molar-refractivity contribution is -0.141. The molecule has 6 aromatic rings. The number of ketones is 1. The number of fused-ring (bicyclic) bond motifs is 1. The van der Waals surface area contributed by atoms with Crippen LogP contribution in [0, 0.1) is 24.0 Å². The van der Waals surface area contributed by atoms with Crippen molar-refractivity contribution in [3.63, 3.8) is 0 Å². The van der Waals surface area contributed by atoms with Crippen molar-refractivity contribution >= 4 is 55.9 Å². The predicted molar refractivity (Wildman–Crippen MR) is 278 cm³/mol. The number of aliphatic hydroxyl groups excluding tert-OH is 1. The van der Waals surface area contributed by atoms with Crippen LogP contribution in [0.15, 0.2) is 96.9 Å². The van der Waals surface area contributed by atoms with E-state index in [4.69, 9.17) is 14.2 Å². The number of carbonyl (C=O) groups excluding carboxylic acids is 3. The maximum absolute atomic E-state index is 15.7. The molecule has 2 fully saturated rings. The van der Waals surface area contributed by atoms with Crippen LogP contribution in [0.4, 0.5) is 18.9 Å². The van der Waals surface area contributed by atoms with Gasteiger partial charge in [-0.15, -0.1) is 11.3 Å². The zero-order valence-electron chi connectivity index (χ0n) is 41.8. The number of benzene rings is 3. The lowest BCUT2D eigenvalue weighted by Gasteiger charge is -2.36. The summed E-state index contributed by atoms with van der Waals surface area (Å²) in [4.78, 5) is 55.1. The Morgan fingerprint density at radius 2 is 1.68 bits per heavy atom. The summed E-state index contributed by atoms with van der Waals surface area (Å²) < 4.78 is 90.0. The number of amides is 2. The first-order valence-corrected chi connectivity index (χ1v) is 26.6. The first kappa shape index (κ1) is 54.6. The Kier molecular flexibility index (Phi) is 17.1. The van der Waals surface area contributed by atoms with Crippen LogP contribution in [-0.2, 0) is 35.8 Å². The molecule has 398 valence electrons. The Labute approximate surface area is 436 Å². The predicted octanol–water partition coefficient (Wildman–Crippen LogP) is 7.08. The summed E-state index contributed by atoms with van der Waals surface area (Å²) in [5, 5.41) is 17.1. The monoisotopic (exact) mass is 1070 g/mol. The average Bonchev–Trinajstić information content (AvgIpc) is 4.21. The van der Waals surface area contributed by atoms with E-state index in [1.807, 2.05) is 62.2 Å². The van der Waals surface area contributed by atoms with Crippen LogP contribution in [0.1, 0.15) is 60.8 Å². The number of likely N-dealkylation sites (tertiary alicyclic amines) is 1. The number of aromatic nitrogens is 3. The van der Waals surface area contributed by atoms with Crippen LogP contribution in [-0.4, -0.2) is 132 Å². The summed E-state index contributed by atoms with van der Waals surface area (Å²) in [6.45, 7) is 12.2. The second-order valence-electron chi connectivity index (χ2n) is 19.4. The number of hydrogen-bond donors (Lipinski definition) is 5. The van der Waals surface area contributed by atoms with Gasteiger partial charge >= 0.3 is 10.2 Å². The summed E-state index contributed by atoms with van der Waals surface area (Å²) in [5.74, 6) is -3.96. The van der Waals surface area contributed by atoms with Crippen LogP contribution >= 0.6 is 11.3 Å². The number of hydrogen-bond acceptors (Lipinski definition) is 13. The van der Waals surface area contributed by atoms with Crippen molar-refractivity contribution in [3.05, 3.63) is 131 Å². The van der Waals surface area contributed by atoms with Gasteiger partial charge in [0.15, 0.2) is 5.82 Å². The van der Waals surface area contributed by atoms with Crippen LogP contribution in [0.5, 0.6) is 5.75 Å². The number of nitrogens with zero attached hydrogens (tertiary/aromatic N) is 4. The van der Waals surface area contributed by atoms with E-state index in [2.05, 4.69) is 32.2 Å². The van der Waals surface area contributed by atoms with E-state index in [-0.39, 0.29) is 75.0 Å². The molecule has 8 rings (SSSR count). The molecule has 0 aliphatic carbocycles. The Morgan fingerprint density at radius 1 is 0.960 bits per heavy atom. The summed E-state index contributed by atoms with van der Waals surface area (Å²) >= 11 is 1.59. The molecule has 22 heteroatoms. The van der Waals surface area contributed by atoms with Gasteiger partial charge in [0.1, 0.15) is 42.6 Å². The number of thiazole rings is 1. The van der Waals surface area contributed by atoms with Gasteiger partial charge in [0.05, 0.1) is 59.3 Å². The number of aryl methyl sites for hydroxylation is 1. The average molecular weight is 1070 g/mol. The van der Waals surface area contributed by atoms with Gasteiger partial charge in [-0.2, -0.15) is 12.7 Å². The van der Waals surface area contributed by atoms with Gasteiger partial charge in [-0.1, -0.05) is 63.7 Å². The highest BCUT2D eigenvalue weighted by Gasteiger charge is 2.43. The number of anilines is 1. The summed E-state index contributed by atoms with van der Waals surface area (Å²) in [7, 11) is -4.38. The Bertz CT molecular complexity index is 3150. The molecule has 0 bridgehead atoms. The molecule has 0 spiro atoms. The number of β-amino-alcohol motifs (C(OH)–C–C–N with tert-alkyl or cyclic N) is 1. The van der Waals surface area contributed by atoms with E-state index in [9.17, 15) is 32.3 Å². The van der Waals surface area contributed by atoms with Gasteiger partial charge in [0.25, 0.3) is 0 Å². The van der Waals surface area contributed by atoms with Gasteiger partial charge in [0.2, 0.25) is 17.6 Å². The zero-order valence-corrected chi connectivity index (χ0v) is 43.5. The maximum Gasteiger partial charge on any atom is 0.301 e. The molecular weight excluding hydrogens is 1010 g/mol. The third-order valence-corrected chi connectivity index (χ3v) is 15.4. The van der Waals surface area contributed by atoms with Gasteiger partial charge in [-0.3, -0.25) is 19.1 Å². The van der Waals surface area contributed by atoms with E-state index in [1.165, 1.54) is 6.20 Å². The fourth-order valence-electron chi connectivity index (χ4n) is 8.87. The standard InChI is InChI=1S/C53H59F3N8O9S2/c1-31(57-24-33-6-8-35(9-7-33)49-32(2)60-30-74-49)44-23-38(65)28-64(44)52(68)50(53(3,4)5)61-45(66)29-72-19-18-71-20-21-73-39-12-10-34(11-13-39)36-22-40-41(26-59-51(40)58-25-36)48(67)46-42(55)14-15-43(47(46)56)62-75(69,70)63-17-16-37(54)27-63/h6-15,22,25-26,30,37-38,44,50,57,62,65H,1,16-21,23-24,27-29H2,2-5H3,(H,58,59)(H,61,66)/t37-,38-,44+,50-/m1/s1. The van der Waals surface area contributed by atoms with Crippen LogP contribution in [0.2, 0.25) is 0 Å². The topological polar surface area (TPSA) is 217 Å². The molecule has 3 aromatic carbocycles. The fourth-order valence-corrected chi connectivity index (χ4v) is 11.0. The molecule has 0 radical (unpaired) electrons. The number of H-pyrrole nitrogens is 1. The molecule has 3 aromatic heterocycles. The first-order chi connectivity index (χ1) is 35.8. The minimum Gasteiger partial charge on any atom is -0.491 e. The number of pyridine rings is 1. The molecule has 2 aliphatic heterocycles. The van der Waals surface area contributed by atoms with E-state index >= 15 is 8.78 Å². The number of halogens is 3. The van der Waals surface area contributed by atoms with Crippen molar-refractivity contribution < 1.29 is 55.3 Å². The first-order valence-electron chi connectivity index (χ1n) is 24.3. The number of nitrogens with one attached hydrogen (secondary N) is 4. The third-order valence-electron chi connectivity index (χ3n) is 12.9. The number of ether oxygens (including phenoxy) is 3. The molecule has 2 amide bonds. The molecule has 0 saturated carbocycles. The van der Waals surface area contributed by atoms with Crippen LogP contribution in [0.25, 0.3) is 32.6 Å². The van der Waals surface area contributed by atoms with Gasteiger partial charge in [-0.25, -0.2) is 23.1 Å². The minimum absolute atomic E-state index is 0.0162. The Hall–Kier alpha value is -6.69. The van der Waals surface area contributed by atoms with Crippen molar-refractivity contribution in [1.29, 1.82) is 0 Å². The normalized spacial score (nSPS) is 17.5. The highest BCUT2D eigenvalue weighted by molar-refractivity contribution is 7.90. The van der Waals surface area contributed by atoms with E-state index < -0.39 is 81.1 Å². The Morgan fingerprint density at radius 3 is 2.37 bits per heavy atom. The summed E-state index contributed by atoms with van der Waals surface area (Å²) in [6, 6.07) is 17.0. The lowest BCUT2D eigenvalue weighted by Crippen LogP contribution is -2.57. The van der Waals surface area contributed by atoms with Crippen molar-refractivity contribution in [3.8, 4) is 27.3 Å². The number of aliphatic hydroxyl groups is 1. The largest absolute Gasteiger partial charge is 0.491 e. The number of aromatic amines is 1. The van der Waals surface area contributed by atoms with Crippen LogP contribution < -0.4 is 20.1 Å². The highest BCUT2D eigenvalue weighted by Crippen LogP contribution is 2.33. The number of carbonyl (C=O) groups is 3. The van der Waals surface area contributed by atoms with Gasteiger partial charge < -0.3 is 39.8 Å². The second-order valence-corrected chi connectivity index (χ2v) is 22.0. The van der Waals surface area contributed by atoms with E-state index in [0.717, 1.165) is 38.1 Å². The van der Waals surface area contributed by atoms with Gasteiger partial charge in [-0.05, 0) is 65.8 Å². The molecule has 75 heavy (non-hydrogen) atoms. The molecular formula is C53H59F3N8O9S2. The Balaban J connectivity index is 0.767. The summed E-state index contributed by atoms with van der Waals surface area (Å²) in [6.07, 6.45) is 0.997. The van der Waals surface area contributed by atoms with Crippen molar-refractivity contribution in [2.24, 2.45) is 5.41 Å². The molecule has 2 aliphatic rings. The van der Waals surface area contributed by atoms with Crippen LogP contribution in [0.3, 0.4) is 0 Å². The number of rotatable bonds is 22. The molecule has 5 N–H and O–H groups in total. The summed E-state index contributed by atoms with van der Waals surface area (Å²) in [5.41, 5.74) is 4.64. The van der Waals surface area contributed by atoms with Crippen molar-refractivity contribution in [1.82, 2.24) is 34.8 Å². The smallest absolute Gasteiger partial charge is 0.301 e. The van der Waals surface area contributed by atoms with E-state index in [1.54, 1.807) is 52.8 Å². The minimum atomic E-state index is -4.38. The SMILES string of the molecule is C=C(NCc1ccc(-c2scnc2C)cc1)[C@@H]1C[C@@H](O)CN1C(=O)[C@@H](NC(=O)COCCOCCOc1ccc(-c2cnc3[nH]cc(C(=O)c4c(F)ccc(NS(=O)(=O)N5CC[C@@H](F)C5)c4F)c3c2)cc1)C(C)(C)C. The molecule has 4 atom stereocenters. The van der Waals surface area contributed by atoms with Gasteiger partial charge in [0, 0.05) is 67.2 Å². The molecule has 0 unspecified atom stereocenters. The fraction of sp³-hybridized carbons (Fsp3) is 0.377. The maximum atomic E-state index is 15.7. The lowest BCUT2D eigenvalue weighted by atomic mass is 9.85. The van der Waals surface area contributed by atoms with E-state index in [0.29, 0.717) is 35.5 Å². The highest BCUT2D eigenvalue weighted by atomic mass is 32.2. The molecule has 17 nitrogen and oxygen atoms in total. The second kappa shape index (κ2) is 23.5. The molecule has 5 heterocycles. The number of alkyl halides is 1. The van der Waals surface area contributed by atoms with Crippen molar-refractivity contribution in [2.75, 3.05) is 57.4 Å². The zero-order chi connectivity index (χ0) is 53.6. The molecule has 2 saturated heterocycles. The third kappa shape index (κ3) is 13.1.